The van der Waals surface area contributed by atoms with Crippen LogP contribution in [0.4, 0.5) is 0 Å². The van der Waals surface area contributed by atoms with Crippen molar-refractivity contribution in [2.24, 2.45) is 0 Å². The molecular weight excluding hydrogens is 372 g/mol. The molecule has 1 aliphatic rings. The fraction of sp³-hybridized carbons (Fsp3) is 0.474. The van der Waals surface area contributed by atoms with Gasteiger partial charge in [-0.3, -0.25) is 4.79 Å². The van der Waals surface area contributed by atoms with Gasteiger partial charge in [-0.25, -0.2) is 4.79 Å². The summed E-state index contributed by atoms with van der Waals surface area (Å²) in [5, 5.41) is 3.94. The predicted molar refractivity (Wildman–Crippen MR) is 102 cm³/mol. The van der Waals surface area contributed by atoms with Gasteiger partial charge in [0.1, 0.15) is 24.4 Å². The van der Waals surface area contributed by atoms with Crippen LogP contribution in [-0.4, -0.2) is 51.9 Å². The van der Waals surface area contributed by atoms with Crippen molar-refractivity contribution < 1.29 is 23.6 Å². The van der Waals surface area contributed by atoms with Crippen LogP contribution >= 0.6 is 11.6 Å². The SMILES string of the molecule is Cc1cc(=O)oc2cc(OCC(=O)NCCC[NH+]3CCOCC3)c(Cl)cc12. The largest absolute Gasteiger partial charge is 0.482 e. The first-order chi connectivity index (χ1) is 13.0. The van der Waals surface area contributed by atoms with Crippen LogP contribution in [0.5, 0.6) is 5.75 Å². The van der Waals surface area contributed by atoms with Gasteiger partial charge in [-0.05, 0) is 18.6 Å². The van der Waals surface area contributed by atoms with Crippen molar-refractivity contribution in [3.63, 3.8) is 0 Å². The molecular formula is C19H24ClN2O5+. The molecule has 1 saturated heterocycles. The highest BCUT2D eigenvalue weighted by molar-refractivity contribution is 6.32. The Morgan fingerprint density at radius 3 is 2.85 bits per heavy atom. The molecule has 0 aliphatic carbocycles. The normalized spacial score (nSPS) is 15.0. The zero-order chi connectivity index (χ0) is 19.2. The maximum Gasteiger partial charge on any atom is 0.336 e. The summed E-state index contributed by atoms with van der Waals surface area (Å²) < 4.78 is 16.0. The number of rotatable bonds is 7. The first kappa shape index (κ1) is 19.7. The van der Waals surface area contributed by atoms with E-state index in [9.17, 15) is 9.59 Å². The van der Waals surface area contributed by atoms with E-state index in [2.05, 4.69) is 5.32 Å². The highest BCUT2D eigenvalue weighted by atomic mass is 35.5. The third-order valence-corrected chi connectivity index (χ3v) is 4.89. The molecule has 0 unspecified atom stereocenters. The number of morpholine rings is 1. The van der Waals surface area contributed by atoms with Gasteiger partial charge >= 0.3 is 5.63 Å². The van der Waals surface area contributed by atoms with Gasteiger partial charge in [0.25, 0.3) is 5.91 Å². The Bertz CT molecular complexity index is 861. The van der Waals surface area contributed by atoms with Gasteiger partial charge in [-0.1, -0.05) is 11.6 Å². The smallest absolute Gasteiger partial charge is 0.336 e. The van der Waals surface area contributed by atoms with Crippen LogP contribution in [0.1, 0.15) is 12.0 Å². The number of hydrogen-bond acceptors (Lipinski definition) is 5. The van der Waals surface area contributed by atoms with Crippen molar-refractivity contribution in [1.29, 1.82) is 0 Å². The molecule has 0 saturated carbocycles. The van der Waals surface area contributed by atoms with Gasteiger partial charge in [0.05, 0.1) is 24.8 Å². The Morgan fingerprint density at radius 1 is 1.30 bits per heavy atom. The van der Waals surface area contributed by atoms with E-state index in [-0.39, 0.29) is 12.5 Å². The maximum atomic E-state index is 12.0. The summed E-state index contributed by atoms with van der Waals surface area (Å²) in [5.74, 6) is 0.0969. The number of nitrogens with one attached hydrogen (secondary N) is 2. The standard InChI is InChI=1S/C19H23ClN2O5/c1-13-9-19(24)27-16-11-17(15(20)10-14(13)16)26-12-18(23)21-3-2-4-22-5-7-25-8-6-22/h9-11H,2-8,12H2,1H3,(H,21,23)/p+1. The third-order valence-electron chi connectivity index (χ3n) is 4.59. The minimum absolute atomic E-state index is 0.147. The molecule has 0 radical (unpaired) electrons. The third kappa shape index (κ3) is 5.45. The van der Waals surface area contributed by atoms with Gasteiger partial charge in [-0.15, -0.1) is 0 Å². The average Bonchev–Trinajstić information content (AvgIpc) is 2.65. The molecule has 0 atom stereocenters. The fourth-order valence-corrected chi connectivity index (χ4v) is 3.32. The summed E-state index contributed by atoms with van der Waals surface area (Å²) in [6.07, 6.45) is 0.905. The molecule has 0 bridgehead atoms. The highest BCUT2D eigenvalue weighted by Gasteiger charge is 2.14. The number of quaternary nitrogens is 1. The van der Waals surface area contributed by atoms with Crippen LogP contribution in [0.15, 0.2) is 27.4 Å². The number of benzene rings is 1. The van der Waals surface area contributed by atoms with Gasteiger partial charge < -0.3 is 24.1 Å². The lowest BCUT2D eigenvalue weighted by atomic mass is 10.1. The molecule has 146 valence electrons. The molecule has 1 aromatic heterocycles. The van der Waals surface area contributed by atoms with Gasteiger partial charge in [0.2, 0.25) is 0 Å². The number of fused-ring (bicyclic) bond motifs is 1. The van der Waals surface area contributed by atoms with Crippen molar-refractivity contribution >= 4 is 28.5 Å². The summed E-state index contributed by atoms with van der Waals surface area (Å²) in [4.78, 5) is 25.0. The van der Waals surface area contributed by atoms with Gasteiger partial charge in [0.15, 0.2) is 6.61 Å². The summed E-state index contributed by atoms with van der Waals surface area (Å²) in [6, 6.07) is 4.62. The number of ether oxygens (including phenoxy) is 2. The number of carbonyl (C=O) groups excluding carboxylic acids is 1. The molecule has 1 fully saturated rings. The molecule has 1 amide bonds. The van der Waals surface area contributed by atoms with Crippen LogP contribution in [0, 0.1) is 6.92 Å². The lowest BCUT2D eigenvalue weighted by Gasteiger charge is -2.23. The van der Waals surface area contributed by atoms with Gasteiger partial charge in [0, 0.05) is 30.5 Å². The molecule has 1 aromatic carbocycles. The summed E-state index contributed by atoms with van der Waals surface area (Å²) in [5.41, 5.74) is 0.719. The van der Waals surface area contributed by atoms with E-state index in [1.807, 2.05) is 6.92 Å². The Morgan fingerprint density at radius 2 is 2.07 bits per heavy atom. The van der Waals surface area contributed by atoms with Crippen LogP contribution in [0.25, 0.3) is 11.0 Å². The van der Waals surface area contributed by atoms with Crippen LogP contribution in [-0.2, 0) is 9.53 Å². The van der Waals surface area contributed by atoms with Crippen molar-refractivity contribution in [1.82, 2.24) is 5.32 Å². The van der Waals surface area contributed by atoms with Gasteiger partial charge in [-0.2, -0.15) is 0 Å². The number of aryl methyl sites for hydroxylation is 1. The Balaban J connectivity index is 1.48. The molecule has 8 heteroatoms. The van der Waals surface area contributed by atoms with Crippen LogP contribution < -0.4 is 20.6 Å². The van der Waals surface area contributed by atoms with E-state index in [1.165, 1.54) is 11.0 Å². The lowest BCUT2D eigenvalue weighted by Crippen LogP contribution is -3.14. The minimum atomic E-state index is -0.437. The Kier molecular flexibility index (Phi) is 6.71. The van der Waals surface area contributed by atoms with E-state index < -0.39 is 5.63 Å². The van der Waals surface area contributed by atoms with Crippen molar-refractivity contribution in [2.75, 3.05) is 46.0 Å². The topological polar surface area (TPSA) is 82.2 Å². The number of halogens is 1. The number of hydrogen-bond donors (Lipinski definition) is 2. The van der Waals surface area contributed by atoms with Crippen molar-refractivity contribution in [3.8, 4) is 5.75 Å². The summed E-state index contributed by atoms with van der Waals surface area (Å²) in [6.45, 7) is 6.93. The van der Waals surface area contributed by atoms with Crippen molar-refractivity contribution in [3.05, 3.63) is 39.2 Å². The molecule has 2 aromatic rings. The Hall–Kier alpha value is -2.09. The van der Waals surface area contributed by atoms with E-state index in [0.717, 1.165) is 50.2 Å². The van der Waals surface area contributed by atoms with E-state index in [0.29, 0.717) is 22.9 Å². The zero-order valence-corrected chi connectivity index (χ0v) is 16.1. The highest BCUT2D eigenvalue weighted by Crippen LogP contribution is 2.30. The second kappa shape index (κ2) is 9.21. The van der Waals surface area contributed by atoms with Crippen LogP contribution in [0.3, 0.4) is 0 Å². The maximum absolute atomic E-state index is 12.0. The minimum Gasteiger partial charge on any atom is -0.482 e. The lowest BCUT2D eigenvalue weighted by molar-refractivity contribution is -0.908. The molecule has 1 aliphatic heterocycles. The molecule has 3 rings (SSSR count). The summed E-state index contributed by atoms with van der Waals surface area (Å²) >= 11 is 6.22. The average molecular weight is 396 g/mol. The van der Waals surface area contributed by atoms with E-state index in [4.69, 9.17) is 25.5 Å². The fourth-order valence-electron chi connectivity index (χ4n) is 3.10. The van der Waals surface area contributed by atoms with E-state index >= 15 is 0 Å². The second-order valence-electron chi connectivity index (χ2n) is 6.63. The Labute approximate surface area is 162 Å². The van der Waals surface area contributed by atoms with E-state index in [1.54, 1.807) is 12.1 Å². The quantitative estimate of drug-likeness (QED) is 0.528. The molecule has 2 heterocycles. The first-order valence-electron chi connectivity index (χ1n) is 9.08. The van der Waals surface area contributed by atoms with Crippen LogP contribution in [0.2, 0.25) is 5.02 Å². The van der Waals surface area contributed by atoms with Crippen molar-refractivity contribution in [2.45, 2.75) is 13.3 Å². The molecule has 7 nitrogen and oxygen atoms in total. The predicted octanol–water partition coefficient (Wildman–Crippen LogP) is 0.555. The summed E-state index contributed by atoms with van der Waals surface area (Å²) in [7, 11) is 0. The molecule has 27 heavy (non-hydrogen) atoms. The first-order valence-corrected chi connectivity index (χ1v) is 9.45. The molecule has 0 spiro atoms. The monoisotopic (exact) mass is 395 g/mol. The second-order valence-corrected chi connectivity index (χ2v) is 7.04. The number of amides is 1. The zero-order valence-electron chi connectivity index (χ0n) is 15.3. The number of carbonyl (C=O) groups is 1. The molecule has 2 N–H and O–H groups in total.